The second kappa shape index (κ2) is 9.36. The second-order valence-corrected chi connectivity index (χ2v) is 9.05. The lowest BCUT2D eigenvalue weighted by molar-refractivity contribution is 0.0579. The van der Waals surface area contributed by atoms with Gasteiger partial charge >= 0.3 is 0 Å². The molecule has 0 aromatic heterocycles. The molecule has 4 nitrogen and oxygen atoms in total. The fraction of sp³-hybridized carbons (Fsp3) is 0.321. The van der Waals surface area contributed by atoms with E-state index < -0.39 is 5.82 Å². The van der Waals surface area contributed by atoms with Crippen molar-refractivity contribution < 1.29 is 13.9 Å². The van der Waals surface area contributed by atoms with Gasteiger partial charge < -0.3 is 9.64 Å². The molecule has 2 fully saturated rings. The molecule has 170 valence electrons. The molecule has 2 heterocycles. The molecule has 2 aliphatic heterocycles. The minimum atomic E-state index is -0.451. The number of methoxy groups -OCH3 is 1. The number of benzene rings is 3. The summed E-state index contributed by atoms with van der Waals surface area (Å²) in [5.74, 6) is 0.789. The summed E-state index contributed by atoms with van der Waals surface area (Å²) in [6, 6.07) is 25.5. The number of likely N-dealkylation sites (tertiary alicyclic amines) is 2. The second-order valence-electron chi connectivity index (χ2n) is 9.05. The van der Waals surface area contributed by atoms with Crippen LogP contribution in [0.3, 0.4) is 0 Å². The Morgan fingerprint density at radius 1 is 0.970 bits per heavy atom. The van der Waals surface area contributed by atoms with E-state index in [4.69, 9.17) is 4.74 Å². The number of amides is 1. The van der Waals surface area contributed by atoms with E-state index in [1.807, 2.05) is 23.1 Å². The number of hydrogen-bond donors (Lipinski definition) is 0. The van der Waals surface area contributed by atoms with Gasteiger partial charge in [-0.1, -0.05) is 54.6 Å². The van der Waals surface area contributed by atoms with Gasteiger partial charge in [-0.05, 0) is 41.8 Å². The molecule has 0 radical (unpaired) electrons. The van der Waals surface area contributed by atoms with Crippen molar-refractivity contribution >= 4 is 5.91 Å². The van der Waals surface area contributed by atoms with Crippen LogP contribution in [-0.2, 0) is 6.54 Å². The third-order valence-corrected chi connectivity index (χ3v) is 7.20. The quantitative estimate of drug-likeness (QED) is 0.557. The van der Waals surface area contributed by atoms with Crippen LogP contribution in [0.1, 0.15) is 33.8 Å². The normalized spacial score (nSPS) is 22.7. The number of ether oxygens (including phenoxy) is 1. The van der Waals surface area contributed by atoms with Gasteiger partial charge in [-0.3, -0.25) is 9.69 Å². The smallest absolute Gasteiger partial charge is 0.256 e. The van der Waals surface area contributed by atoms with E-state index in [0.29, 0.717) is 31.0 Å². The SMILES string of the molecule is COc1ccc([C@H]2CN(Cc3ccccc3)[C@@H]3CCN(C(=O)c4ccccc4F)C[C@H]23)cc1. The minimum absolute atomic E-state index is 0.163. The van der Waals surface area contributed by atoms with Crippen molar-refractivity contribution in [2.45, 2.75) is 24.9 Å². The highest BCUT2D eigenvalue weighted by Crippen LogP contribution is 2.42. The van der Waals surface area contributed by atoms with Gasteiger partial charge in [0.2, 0.25) is 0 Å². The first-order chi connectivity index (χ1) is 16.1. The summed E-state index contributed by atoms with van der Waals surface area (Å²) in [7, 11) is 1.68. The lowest BCUT2D eigenvalue weighted by Gasteiger charge is -2.39. The number of piperidine rings is 1. The monoisotopic (exact) mass is 444 g/mol. The molecule has 3 aromatic carbocycles. The van der Waals surface area contributed by atoms with Crippen molar-refractivity contribution in [2.75, 3.05) is 26.7 Å². The fourth-order valence-electron chi connectivity index (χ4n) is 5.53. The van der Waals surface area contributed by atoms with Gasteiger partial charge in [0, 0.05) is 44.1 Å². The third kappa shape index (κ3) is 4.38. The number of carbonyl (C=O) groups excluding carboxylic acids is 1. The van der Waals surface area contributed by atoms with Crippen molar-refractivity contribution in [1.82, 2.24) is 9.80 Å². The highest BCUT2D eigenvalue weighted by atomic mass is 19.1. The van der Waals surface area contributed by atoms with Gasteiger partial charge in [-0.25, -0.2) is 4.39 Å². The highest BCUT2D eigenvalue weighted by molar-refractivity contribution is 5.94. The van der Waals surface area contributed by atoms with Crippen LogP contribution >= 0.6 is 0 Å². The molecule has 0 saturated carbocycles. The van der Waals surface area contributed by atoms with Crippen molar-refractivity contribution in [3.8, 4) is 5.75 Å². The number of rotatable bonds is 5. The van der Waals surface area contributed by atoms with Crippen LogP contribution in [0.25, 0.3) is 0 Å². The molecule has 0 aliphatic carbocycles. The van der Waals surface area contributed by atoms with Crippen LogP contribution in [-0.4, -0.2) is 48.5 Å². The Labute approximate surface area is 194 Å². The zero-order valence-electron chi connectivity index (χ0n) is 18.9. The average Bonchev–Trinajstić information content (AvgIpc) is 3.22. The van der Waals surface area contributed by atoms with Crippen LogP contribution in [0, 0.1) is 11.7 Å². The van der Waals surface area contributed by atoms with Gasteiger partial charge in [0.1, 0.15) is 11.6 Å². The molecule has 0 N–H and O–H groups in total. The predicted molar refractivity (Wildman–Crippen MR) is 127 cm³/mol. The van der Waals surface area contributed by atoms with Crippen molar-refractivity contribution in [1.29, 1.82) is 0 Å². The van der Waals surface area contributed by atoms with E-state index in [1.54, 1.807) is 25.3 Å². The molecule has 33 heavy (non-hydrogen) atoms. The molecule has 0 unspecified atom stereocenters. The first kappa shape index (κ1) is 21.7. The molecule has 3 atom stereocenters. The van der Waals surface area contributed by atoms with Crippen LogP contribution in [0.15, 0.2) is 78.9 Å². The third-order valence-electron chi connectivity index (χ3n) is 7.20. The fourth-order valence-corrected chi connectivity index (χ4v) is 5.53. The summed E-state index contributed by atoms with van der Waals surface area (Å²) >= 11 is 0. The van der Waals surface area contributed by atoms with E-state index in [-0.39, 0.29) is 11.5 Å². The molecular weight excluding hydrogens is 415 g/mol. The number of fused-ring (bicyclic) bond motifs is 1. The minimum Gasteiger partial charge on any atom is -0.497 e. The summed E-state index contributed by atoms with van der Waals surface area (Å²) in [6.45, 7) is 3.13. The molecule has 3 aromatic rings. The van der Waals surface area contributed by atoms with Crippen molar-refractivity contribution in [3.63, 3.8) is 0 Å². The van der Waals surface area contributed by atoms with E-state index in [9.17, 15) is 9.18 Å². The summed E-state index contributed by atoms with van der Waals surface area (Å²) < 4.78 is 19.7. The Balaban J connectivity index is 1.41. The number of halogens is 1. The molecule has 0 spiro atoms. The van der Waals surface area contributed by atoms with Crippen molar-refractivity contribution in [3.05, 3.63) is 101 Å². The standard InChI is InChI=1S/C28H29FN2O2/c1-33-22-13-11-21(12-14-22)24-18-31(17-20-7-3-2-4-8-20)27-15-16-30(19-25(24)27)28(32)23-9-5-6-10-26(23)29/h2-14,24-25,27H,15-19H2,1H3/t24-,25-,27-/m1/s1. The van der Waals surface area contributed by atoms with E-state index in [2.05, 4.69) is 41.3 Å². The van der Waals surface area contributed by atoms with Crippen LogP contribution in [0.5, 0.6) is 5.75 Å². The van der Waals surface area contributed by atoms with Crippen molar-refractivity contribution in [2.24, 2.45) is 5.92 Å². The van der Waals surface area contributed by atoms with Gasteiger partial charge in [0.15, 0.2) is 0 Å². The molecule has 2 saturated heterocycles. The van der Waals surface area contributed by atoms with Crippen LogP contribution in [0.4, 0.5) is 4.39 Å². The van der Waals surface area contributed by atoms with Gasteiger partial charge in [0.05, 0.1) is 12.7 Å². The largest absolute Gasteiger partial charge is 0.497 e. The molecule has 5 heteroatoms. The molecule has 2 aliphatic rings. The number of hydrogen-bond acceptors (Lipinski definition) is 3. The van der Waals surface area contributed by atoms with Crippen LogP contribution < -0.4 is 4.74 Å². The lowest BCUT2D eigenvalue weighted by Crippen LogP contribution is -2.48. The first-order valence-corrected chi connectivity index (χ1v) is 11.6. The number of nitrogens with zero attached hydrogens (tertiary/aromatic N) is 2. The summed E-state index contributed by atoms with van der Waals surface area (Å²) in [5, 5.41) is 0. The van der Waals surface area contributed by atoms with E-state index in [0.717, 1.165) is 25.3 Å². The van der Waals surface area contributed by atoms with E-state index >= 15 is 0 Å². The molecule has 5 rings (SSSR count). The van der Waals surface area contributed by atoms with Gasteiger partial charge in [0.25, 0.3) is 5.91 Å². The summed E-state index contributed by atoms with van der Waals surface area (Å²) in [4.78, 5) is 17.6. The topological polar surface area (TPSA) is 32.8 Å². The summed E-state index contributed by atoms with van der Waals surface area (Å²) in [5.41, 5.74) is 2.73. The zero-order valence-corrected chi connectivity index (χ0v) is 18.9. The molecular formula is C28H29FN2O2. The van der Waals surface area contributed by atoms with Gasteiger partial charge in [-0.15, -0.1) is 0 Å². The Kier molecular flexibility index (Phi) is 6.14. The Bertz CT molecular complexity index is 1100. The molecule has 0 bridgehead atoms. The lowest BCUT2D eigenvalue weighted by atomic mass is 9.81. The van der Waals surface area contributed by atoms with Gasteiger partial charge in [-0.2, -0.15) is 0 Å². The maximum atomic E-state index is 14.3. The Morgan fingerprint density at radius 3 is 2.42 bits per heavy atom. The zero-order chi connectivity index (χ0) is 22.8. The maximum absolute atomic E-state index is 14.3. The molecule has 1 amide bonds. The summed E-state index contributed by atoms with van der Waals surface area (Å²) in [6.07, 6.45) is 0.893. The first-order valence-electron chi connectivity index (χ1n) is 11.6. The number of carbonyl (C=O) groups is 1. The Hall–Kier alpha value is -3.18. The maximum Gasteiger partial charge on any atom is 0.256 e. The predicted octanol–water partition coefficient (Wildman–Crippen LogP) is 4.96. The average molecular weight is 445 g/mol. The highest BCUT2D eigenvalue weighted by Gasteiger charge is 2.46. The van der Waals surface area contributed by atoms with Crippen LogP contribution in [0.2, 0.25) is 0 Å². The Morgan fingerprint density at radius 2 is 1.70 bits per heavy atom. The van der Waals surface area contributed by atoms with E-state index in [1.165, 1.54) is 17.2 Å².